The third-order valence-electron chi connectivity index (χ3n) is 3.13. The van der Waals surface area contributed by atoms with Gasteiger partial charge in [-0.2, -0.15) is 5.10 Å². The van der Waals surface area contributed by atoms with E-state index in [0.717, 1.165) is 36.3 Å². The molecule has 0 unspecified atom stereocenters. The molecule has 0 fully saturated rings. The van der Waals surface area contributed by atoms with Crippen molar-refractivity contribution in [3.05, 3.63) is 35.2 Å². The first-order valence-corrected chi connectivity index (χ1v) is 6.15. The Morgan fingerprint density at radius 1 is 1.39 bits per heavy atom. The molecule has 0 radical (unpaired) electrons. The van der Waals surface area contributed by atoms with Crippen LogP contribution in [0.1, 0.15) is 40.8 Å². The molecule has 0 aliphatic rings. The number of aryl methyl sites for hydroxylation is 2. The fraction of sp³-hybridized carbons (Fsp3) is 0.462. The van der Waals surface area contributed by atoms with Crippen molar-refractivity contribution in [2.45, 2.75) is 40.3 Å². The second kappa shape index (κ2) is 5.16. The molecule has 0 aliphatic carbocycles. The first-order chi connectivity index (χ1) is 8.67. The fourth-order valence-electron chi connectivity index (χ4n) is 2.11. The van der Waals surface area contributed by atoms with E-state index in [1.165, 1.54) is 0 Å². The van der Waals surface area contributed by atoms with Crippen LogP contribution < -0.4 is 0 Å². The number of carbonyl (C=O) groups is 1. The summed E-state index contributed by atoms with van der Waals surface area (Å²) >= 11 is 0. The summed E-state index contributed by atoms with van der Waals surface area (Å²) < 4.78 is 3.99. The van der Waals surface area contributed by atoms with E-state index in [1.807, 2.05) is 31.1 Å². The third kappa shape index (κ3) is 2.20. The van der Waals surface area contributed by atoms with Gasteiger partial charge in [0.15, 0.2) is 6.29 Å². The lowest BCUT2D eigenvalue weighted by atomic mass is 10.2. The van der Waals surface area contributed by atoms with Crippen LogP contribution >= 0.6 is 0 Å². The lowest BCUT2D eigenvalue weighted by Crippen LogP contribution is -2.09. The maximum Gasteiger partial charge on any atom is 0.153 e. The zero-order chi connectivity index (χ0) is 13.1. The van der Waals surface area contributed by atoms with Crippen molar-refractivity contribution in [1.29, 1.82) is 0 Å². The van der Waals surface area contributed by atoms with Crippen LogP contribution in [0.25, 0.3) is 0 Å². The van der Waals surface area contributed by atoms with E-state index in [9.17, 15) is 4.79 Å². The SMILES string of the molecule is CCCn1cncc1Cn1nc(C)c(C=O)c1C. The number of nitrogens with zero attached hydrogens (tertiary/aromatic N) is 4. The van der Waals surface area contributed by atoms with Gasteiger partial charge in [-0.15, -0.1) is 0 Å². The van der Waals surface area contributed by atoms with Crippen LogP contribution in [0.15, 0.2) is 12.5 Å². The van der Waals surface area contributed by atoms with Gasteiger partial charge in [0.2, 0.25) is 0 Å². The normalized spacial score (nSPS) is 10.8. The number of carbonyl (C=O) groups excluding carboxylic acids is 1. The molecule has 96 valence electrons. The summed E-state index contributed by atoms with van der Waals surface area (Å²) in [6.45, 7) is 7.52. The van der Waals surface area contributed by atoms with Crippen molar-refractivity contribution in [3.63, 3.8) is 0 Å². The summed E-state index contributed by atoms with van der Waals surface area (Å²) in [5, 5.41) is 4.40. The number of hydrogen-bond acceptors (Lipinski definition) is 3. The van der Waals surface area contributed by atoms with Gasteiger partial charge in [0.25, 0.3) is 0 Å². The van der Waals surface area contributed by atoms with Crippen molar-refractivity contribution in [1.82, 2.24) is 19.3 Å². The summed E-state index contributed by atoms with van der Waals surface area (Å²) in [6.07, 6.45) is 5.63. The smallest absolute Gasteiger partial charge is 0.153 e. The highest BCUT2D eigenvalue weighted by atomic mass is 16.1. The topological polar surface area (TPSA) is 52.7 Å². The molecule has 0 N–H and O–H groups in total. The van der Waals surface area contributed by atoms with Gasteiger partial charge in [0.1, 0.15) is 0 Å². The molecule has 2 aromatic heterocycles. The van der Waals surface area contributed by atoms with Gasteiger partial charge in [-0.25, -0.2) is 4.98 Å². The Balaban J connectivity index is 2.28. The van der Waals surface area contributed by atoms with Gasteiger partial charge < -0.3 is 4.57 Å². The maximum absolute atomic E-state index is 11.0. The van der Waals surface area contributed by atoms with Crippen LogP contribution in [0.4, 0.5) is 0 Å². The van der Waals surface area contributed by atoms with E-state index in [0.29, 0.717) is 12.1 Å². The third-order valence-corrected chi connectivity index (χ3v) is 3.13. The molecule has 0 amide bonds. The predicted molar refractivity (Wildman–Crippen MR) is 68.7 cm³/mol. The van der Waals surface area contributed by atoms with E-state index in [4.69, 9.17) is 0 Å². The molecule has 0 spiro atoms. The van der Waals surface area contributed by atoms with E-state index < -0.39 is 0 Å². The number of aldehydes is 1. The van der Waals surface area contributed by atoms with E-state index in [-0.39, 0.29) is 0 Å². The Hall–Kier alpha value is -1.91. The number of hydrogen-bond donors (Lipinski definition) is 0. The minimum Gasteiger partial charge on any atom is -0.333 e. The molecule has 0 saturated carbocycles. The highest BCUT2D eigenvalue weighted by molar-refractivity contribution is 5.78. The van der Waals surface area contributed by atoms with Crippen molar-refractivity contribution in [2.75, 3.05) is 0 Å². The lowest BCUT2D eigenvalue weighted by Gasteiger charge is -2.08. The number of rotatable bonds is 5. The first kappa shape index (κ1) is 12.5. The minimum absolute atomic E-state index is 0.653. The first-order valence-electron chi connectivity index (χ1n) is 6.15. The molecule has 2 rings (SSSR count). The molecular weight excluding hydrogens is 228 g/mol. The highest BCUT2D eigenvalue weighted by Crippen LogP contribution is 2.12. The lowest BCUT2D eigenvalue weighted by molar-refractivity contribution is 0.112. The van der Waals surface area contributed by atoms with Gasteiger partial charge in [-0.1, -0.05) is 6.92 Å². The van der Waals surface area contributed by atoms with Crippen molar-refractivity contribution >= 4 is 6.29 Å². The van der Waals surface area contributed by atoms with Crippen LogP contribution in [0, 0.1) is 13.8 Å². The molecule has 2 aromatic rings. The Labute approximate surface area is 106 Å². The van der Waals surface area contributed by atoms with Crippen LogP contribution in [-0.4, -0.2) is 25.6 Å². The Kier molecular flexibility index (Phi) is 3.60. The highest BCUT2D eigenvalue weighted by Gasteiger charge is 2.12. The quantitative estimate of drug-likeness (QED) is 0.758. The van der Waals surface area contributed by atoms with Crippen molar-refractivity contribution < 1.29 is 4.79 Å². The van der Waals surface area contributed by atoms with Gasteiger partial charge in [-0.3, -0.25) is 9.48 Å². The molecule has 0 aliphatic heterocycles. The number of aromatic nitrogens is 4. The monoisotopic (exact) mass is 246 g/mol. The van der Waals surface area contributed by atoms with Crippen LogP contribution in [-0.2, 0) is 13.1 Å². The summed E-state index contributed by atoms with van der Waals surface area (Å²) in [5.41, 5.74) is 3.49. The summed E-state index contributed by atoms with van der Waals surface area (Å²) in [6, 6.07) is 0. The maximum atomic E-state index is 11.0. The van der Waals surface area contributed by atoms with Gasteiger partial charge in [0.05, 0.1) is 36.0 Å². The van der Waals surface area contributed by atoms with Crippen LogP contribution in [0.2, 0.25) is 0 Å². The molecule has 0 bridgehead atoms. The largest absolute Gasteiger partial charge is 0.333 e. The Bertz CT molecular complexity index is 553. The molecular formula is C13H18N4O. The van der Waals surface area contributed by atoms with Crippen molar-refractivity contribution in [2.24, 2.45) is 0 Å². The molecule has 2 heterocycles. The molecule has 0 aromatic carbocycles. The molecule has 5 heteroatoms. The Morgan fingerprint density at radius 3 is 2.78 bits per heavy atom. The molecule has 5 nitrogen and oxygen atoms in total. The summed E-state index contributed by atoms with van der Waals surface area (Å²) in [7, 11) is 0. The predicted octanol–water partition coefficient (Wildman–Crippen LogP) is 1.97. The average molecular weight is 246 g/mol. The zero-order valence-corrected chi connectivity index (χ0v) is 11.1. The average Bonchev–Trinajstić information content (AvgIpc) is 2.87. The minimum atomic E-state index is 0.653. The molecule has 18 heavy (non-hydrogen) atoms. The second-order valence-electron chi connectivity index (χ2n) is 4.44. The second-order valence-corrected chi connectivity index (χ2v) is 4.44. The van der Waals surface area contributed by atoms with Crippen LogP contribution in [0.5, 0.6) is 0 Å². The fourth-order valence-corrected chi connectivity index (χ4v) is 2.11. The summed E-state index contributed by atoms with van der Waals surface area (Å²) in [4.78, 5) is 15.1. The van der Waals surface area contributed by atoms with Gasteiger partial charge >= 0.3 is 0 Å². The standard InChI is InChI=1S/C13H18N4O/c1-4-5-16-9-14-6-12(16)7-17-11(3)13(8-18)10(2)15-17/h6,8-9H,4-5,7H2,1-3H3. The summed E-state index contributed by atoms with van der Waals surface area (Å²) in [5.74, 6) is 0. The van der Waals surface area contributed by atoms with E-state index in [2.05, 4.69) is 21.6 Å². The van der Waals surface area contributed by atoms with Gasteiger partial charge in [0, 0.05) is 12.2 Å². The Morgan fingerprint density at radius 2 is 2.17 bits per heavy atom. The van der Waals surface area contributed by atoms with Crippen molar-refractivity contribution in [3.8, 4) is 0 Å². The molecule has 0 saturated heterocycles. The zero-order valence-electron chi connectivity index (χ0n) is 11.1. The number of imidazole rings is 1. The molecule has 0 atom stereocenters. The van der Waals surface area contributed by atoms with E-state index >= 15 is 0 Å². The van der Waals surface area contributed by atoms with E-state index in [1.54, 1.807) is 0 Å². The van der Waals surface area contributed by atoms with Crippen LogP contribution in [0.3, 0.4) is 0 Å². The van der Waals surface area contributed by atoms with Gasteiger partial charge in [-0.05, 0) is 20.3 Å².